The molecule has 6 aromatic rings. The number of rotatable bonds is 12. The second-order valence-corrected chi connectivity index (χ2v) is 26.3. The van der Waals surface area contributed by atoms with E-state index in [4.69, 9.17) is 11.6 Å². The van der Waals surface area contributed by atoms with Gasteiger partial charge in [-0.2, -0.15) is 0 Å². The van der Waals surface area contributed by atoms with Gasteiger partial charge >= 0.3 is 0 Å². The molecule has 0 heterocycles. The van der Waals surface area contributed by atoms with Gasteiger partial charge in [-0.15, -0.1) is 0 Å². The number of carbonyl (C=O) groups excluding carboxylic acids is 3. The summed E-state index contributed by atoms with van der Waals surface area (Å²) in [5.41, 5.74) is 20.2. The minimum atomic E-state index is -0.768. The van der Waals surface area contributed by atoms with E-state index >= 15 is 0 Å². The molecule has 0 spiro atoms. The van der Waals surface area contributed by atoms with Crippen molar-refractivity contribution in [2.24, 2.45) is 16.2 Å². The molecule has 6 aromatic carbocycles. The molecule has 0 fully saturated rings. The molecule has 9 nitrogen and oxygen atoms in total. The number of carbonyl (C=O) groups is 3. The lowest BCUT2D eigenvalue weighted by atomic mass is 9.70. The van der Waals surface area contributed by atoms with Crippen LogP contribution in [0.5, 0.6) is 17.2 Å². The number of phenolic OH excluding ortho intramolecular Hbond substituents is 3. The van der Waals surface area contributed by atoms with E-state index in [-0.39, 0.29) is 50.5 Å². The van der Waals surface area contributed by atoms with E-state index in [1.54, 1.807) is 47.5 Å². The van der Waals surface area contributed by atoms with Crippen LogP contribution < -0.4 is 16.0 Å². The SMILES string of the molecule is CCC1=C(C)/C(=C/c2ccc(C(=O)Nc3ccc(O)c(Cl)c3)cc2)CCC1(C)C.CCC1=C(C)/C(=C/c2ccc(C(=O)Nc3ccc(O)c(F)c3)cc2)CCC1(C)C.CCC1=C(C)/C(=C/c2ccc(C(=O)Nc3ccc(O)c(I)c3)cc2)CCC1(C)C. The zero-order valence-corrected chi connectivity index (χ0v) is 55.3. The molecule has 0 saturated carbocycles. The van der Waals surface area contributed by atoms with E-state index in [1.807, 2.05) is 83.3 Å². The molecule has 0 saturated heterocycles. The molecule has 0 radical (unpaired) electrons. The Hall–Kier alpha value is -7.48. The molecule has 12 heteroatoms. The molecule has 3 aliphatic carbocycles. The van der Waals surface area contributed by atoms with Crippen molar-refractivity contribution in [3.05, 3.63) is 225 Å². The summed E-state index contributed by atoms with van der Waals surface area (Å²) in [5, 5.41) is 36.9. The van der Waals surface area contributed by atoms with Crippen LogP contribution in [0.15, 0.2) is 178 Å². The fourth-order valence-corrected chi connectivity index (χ4v) is 13.1. The summed E-state index contributed by atoms with van der Waals surface area (Å²) in [6.45, 7) is 27.4. The van der Waals surface area contributed by atoms with Crippen molar-refractivity contribution in [3.63, 3.8) is 0 Å². The van der Waals surface area contributed by atoms with Crippen LogP contribution in [-0.4, -0.2) is 33.0 Å². The molecular weight excluding hydrogens is 1220 g/mol. The van der Waals surface area contributed by atoms with Gasteiger partial charge in [0.05, 0.1) is 8.59 Å². The van der Waals surface area contributed by atoms with Gasteiger partial charge in [0.25, 0.3) is 17.7 Å². The van der Waals surface area contributed by atoms with Gasteiger partial charge in [0.1, 0.15) is 11.5 Å². The molecule has 0 unspecified atom stereocenters. The van der Waals surface area contributed by atoms with Gasteiger partial charge in [-0.3, -0.25) is 14.4 Å². The van der Waals surface area contributed by atoms with Crippen LogP contribution in [0.3, 0.4) is 0 Å². The van der Waals surface area contributed by atoms with Gasteiger partial charge in [0, 0.05) is 39.8 Å². The molecule has 0 atom stereocenters. The van der Waals surface area contributed by atoms with E-state index in [1.165, 1.54) is 69.7 Å². The second-order valence-electron chi connectivity index (χ2n) is 24.8. The predicted molar refractivity (Wildman–Crippen MR) is 367 cm³/mol. The van der Waals surface area contributed by atoms with Gasteiger partial charge in [-0.1, -0.05) is 145 Å². The van der Waals surface area contributed by atoms with Crippen LogP contribution in [0.25, 0.3) is 18.2 Å². The highest BCUT2D eigenvalue weighted by molar-refractivity contribution is 14.1. The van der Waals surface area contributed by atoms with Crippen molar-refractivity contribution >= 4 is 87.2 Å². The summed E-state index contributed by atoms with van der Waals surface area (Å²) in [7, 11) is 0. The van der Waals surface area contributed by atoms with Crippen LogP contribution in [0, 0.1) is 25.6 Å². The van der Waals surface area contributed by atoms with Gasteiger partial charge in [0.15, 0.2) is 11.6 Å². The van der Waals surface area contributed by atoms with E-state index in [0.29, 0.717) is 37.3 Å². The third-order valence-corrected chi connectivity index (χ3v) is 18.7. The first-order valence-electron chi connectivity index (χ1n) is 30.1. The number of halogens is 3. The third-order valence-electron chi connectivity index (χ3n) is 17.5. The Bertz CT molecular complexity index is 3350. The van der Waals surface area contributed by atoms with Crippen LogP contribution in [-0.2, 0) is 0 Å². The Kier molecular flexibility index (Phi) is 22.4. The molecule has 6 N–H and O–H groups in total. The highest BCUT2D eigenvalue weighted by atomic mass is 127. The zero-order chi connectivity index (χ0) is 63.5. The summed E-state index contributed by atoms with van der Waals surface area (Å²) in [5.74, 6) is -1.70. The van der Waals surface area contributed by atoms with Gasteiger partial charge in [0.2, 0.25) is 0 Å². The van der Waals surface area contributed by atoms with Crippen molar-refractivity contribution in [1.82, 2.24) is 0 Å². The van der Waals surface area contributed by atoms with Gasteiger partial charge in [-0.25, -0.2) is 4.39 Å². The minimum Gasteiger partial charge on any atom is -0.507 e. The van der Waals surface area contributed by atoms with E-state index in [2.05, 4.69) is 117 Å². The van der Waals surface area contributed by atoms with Gasteiger partial charge < -0.3 is 31.3 Å². The largest absolute Gasteiger partial charge is 0.507 e. The molecule has 0 aliphatic heterocycles. The summed E-state index contributed by atoms with van der Waals surface area (Å²) in [4.78, 5) is 37.4. The average molecular weight is 1300 g/mol. The summed E-state index contributed by atoms with van der Waals surface area (Å²) < 4.78 is 14.1. The third kappa shape index (κ3) is 17.2. The fourth-order valence-electron chi connectivity index (χ4n) is 12.4. The number of phenols is 3. The number of aromatic hydroxyl groups is 3. The maximum absolute atomic E-state index is 13.4. The Morgan fingerprint density at radius 2 is 0.770 bits per heavy atom. The molecule has 3 aliphatic rings. The van der Waals surface area contributed by atoms with Crippen molar-refractivity contribution < 1.29 is 34.1 Å². The van der Waals surface area contributed by atoms with Crippen LogP contribution in [0.2, 0.25) is 5.02 Å². The number of allylic oxidation sites excluding steroid dienone is 9. The standard InChI is InChI=1S/C25H28ClNO2.C25H28FNO2.C25H28INO2/c3*1-5-21-16(2)19(12-13-25(21,3)4)14-17-6-8-18(9-7-17)24(29)27-20-10-11-23(28)22(26)15-20/h3*6-11,14-15,28H,5,12-13H2,1-4H3,(H,27,29)/b3*19-14+. The first-order valence-corrected chi connectivity index (χ1v) is 31.5. The average Bonchev–Trinajstić information content (AvgIpc) is 1.95. The summed E-state index contributed by atoms with van der Waals surface area (Å²) in [6, 6.07) is 36.1. The number of nitrogens with one attached hydrogen (secondary N) is 3. The van der Waals surface area contributed by atoms with Crippen LogP contribution >= 0.6 is 34.2 Å². The molecular formula is C75H84ClFIN3O6. The molecule has 456 valence electrons. The van der Waals surface area contributed by atoms with Crippen LogP contribution in [0.1, 0.15) is 189 Å². The highest BCUT2D eigenvalue weighted by Crippen LogP contribution is 2.47. The quantitative estimate of drug-likeness (QED) is 0.0531. The lowest BCUT2D eigenvalue weighted by Crippen LogP contribution is -2.21. The molecule has 3 amide bonds. The second kappa shape index (κ2) is 29.0. The lowest BCUT2D eigenvalue weighted by Gasteiger charge is -2.35. The van der Waals surface area contributed by atoms with Crippen molar-refractivity contribution in [2.75, 3.05) is 16.0 Å². The van der Waals surface area contributed by atoms with Gasteiger partial charge in [-0.05, 0) is 252 Å². The summed E-state index contributed by atoms with van der Waals surface area (Å²) in [6.07, 6.45) is 16.6. The van der Waals surface area contributed by atoms with Crippen molar-refractivity contribution in [2.45, 2.75) is 141 Å². The topological polar surface area (TPSA) is 148 Å². The first kappa shape index (κ1) is 67.0. The van der Waals surface area contributed by atoms with E-state index in [0.717, 1.165) is 74.1 Å². The Balaban J connectivity index is 0.000000186. The van der Waals surface area contributed by atoms with Crippen molar-refractivity contribution in [1.29, 1.82) is 0 Å². The molecule has 0 aromatic heterocycles. The minimum absolute atomic E-state index is 0.0104. The molecule has 87 heavy (non-hydrogen) atoms. The van der Waals surface area contributed by atoms with Crippen molar-refractivity contribution in [3.8, 4) is 17.2 Å². The summed E-state index contributed by atoms with van der Waals surface area (Å²) >= 11 is 7.93. The monoisotopic (exact) mass is 1300 g/mol. The molecule has 0 bridgehead atoms. The number of hydrogen-bond acceptors (Lipinski definition) is 6. The number of hydrogen-bond donors (Lipinski definition) is 6. The zero-order valence-electron chi connectivity index (χ0n) is 52.4. The molecule has 9 rings (SSSR count). The number of benzene rings is 6. The Morgan fingerprint density at radius 1 is 0.471 bits per heavy atom. The highest BCUT2D eigenvalue weighted by Gasteiger charge is 2.31. The Morgan fingerprint density at radius 3 is 1.07 bits per heavy atom. The number of amides is 3. The lowest BCUT2D eigenvalue weighted by molar-refractivity contribution is 0.101. The fraction of sp³-hybridized carbons (Fsp3) is 0.320. The maximum atomic E-state index is 13.4. The predicted octanol–water partition coefficient (Wildman–Crippen LogP) is 21.1. The number of anilines is 3. The maximum Gasteiger partial charge on any atom is 0.255 e. The van der Waals surface area contributed by atoms with E-state index < -0.39 is 11.6 Å². The van der Waals surface area contributed by atoms with Crippen LogP contribution in [0.4, 0.5) is 21.5 Å². The Labute approximate surface area is 533 Å². The van der Waals surface area contributed by atoms with E-state index in [9.17, 15) is 34.1 Å². The normalized spacial score (nSPS) is 17.5. The smallest absolute Gasteiger partial charge is 0.255 e. The first-order chi connectivity index (χ1) is 41.1.